The highest BCUT2D eigenvalue weighted by atomic mass is 32.1. The molecule has 3 aromatic carbocycles. The molecule has 1 saturated heterocycles. The molecule has 0 aliphatic carbocycles. The fourth-order valence-electron chi connectivity index (χ4n) is 4.38. The molecule has 4 aromatic rings. The van der Waals surface area contributed by atoms with Crippen LogP contribution in [0.15, 0.2) is 84.6 Å². The number of aromatic nitrogens is 1. The highest BCUT2D eigenvalue weighted by Crippen LogP contribution is 2.32. The van der Waals surface area contributed by atoms with Crippen molar-refractivity contribution < 1.29 is 9.59 Å². The lowest BCUT2D eigenvalue weighted by Gasteiger charge is -2.36. The maximum Gasteiger partial charge on any atom is 0.270 e. The summed E-state index contributed by atoms with van der Waals surface area (Å²) < 4.78 is 2.11. The van der Waals surface area contributed by atoms with Gasteiger partial charge in [0, 0.05) is 29.2 Å². The molecule has 1 aliphatic rings. The molecule has 2 amide bonds. The lowest BCUT2D eigenvalue weighted by atomic mass is 10.0. The van der Waals surface area contributed by atoms with Crippen LogP contribution in [-0.2, 0) is 16.1 Å². The number of amides is 2. The standard InChI is InChI=1S/C29H25N3O2S/c1-4-30-18-21(24-7-5-6-8-26(24)30)17-25-27(33)31(22-13-9-19(2)10-14-22)29(35)32(28(25)34)23-15-11-20(3)12-16-23/h5-18H,4H2,1-3H3. The zero-order valence-corrected chi connectivity index (χ0v) is 20.7. The first-order valence-corrected chi connectivity index (χ1v) is 12.0. The molecular formula is C29H25N3O2S. The Kier molecular flexibility index (Phi) is 5.83. The Morgan fingerprint density at radius 3 is 1.80 bits per heavy atom. The largest absolute Gasteiger partial charge is 0.347 e. The van der Waals surface area contributed by atoms with Gasteiger partial charge in [0.1, 0.15) is 5.57 Å². The summed E-state index contributed by atoms with van der Waals surface area (Å²) in [5.41, 5.74) is 5.32. The van der Waals surface area contributed by atoms with Crippen LogP contribution >= 0.6 is 12.2 Å². The van der Waals surface area contributed by atoms with E-state index in [9.17, 15) is 9.59 Å². The molecule has 0 atom stereocenters. The predicted molar refractivity (Wildman–Crippen MR) is 146 cm³/mol. The van der Waals surface area contributed by atoms with E-state index in [1.165, 1.54) is 9.80 Å². The second-order valence-electron chi connectivity index (χ2n) is 8.68. The summed E-state index contributed by atoms with van der Waals surface area (Å²) in [5.74, 6) is -0.860. The lowest BCUT2D eigenvalue weighted by molar-refractivity contribution is -0.120. The van der Waals surface area contributed by atoms with Crippen LogP contribution in [0.3, 0.4) is 0 Å². The van der Waals surface area contributed by atoms with Gasteiger partial charge in [0.15, 0.2) is 5.11 Å². The summed E-state index contributed by atoms with van der Waals surface area (Å²) in [6.07, 6.45) is 3.68. The van der Waals surface area contributed by atoms with E-state index in [-0.39, 0.29) is 10.7 Å². The Morgan fingerprint density at radius 1 is 0.771 bits per heavy atom. The van der Waals surface area contributed by atoms with Gasteiger partial charge in [-0.05, 0) is 69.4 Å². The highest BCUT2D eigenvalue weighted by Gasteiger charge is 2.41. The molecule has 2 heterocycles. The molecule has 6 heteroatoms. The molecule has 35 heavy (non-hydrogen) atoms. The number of hydrogen-bond donors (Lipinski definition) is 0. The van der Waals surface area contributed by atoms with Crippen LogP contribution in [0.2, 0.25) is 0 Å². The van der Waals surface area contributed by atoms with Crippen LogP contribution in [0, 0.1) is 13.8 Å². The van der Waals surface area contributed by atoms with Crippen molar-refractivity contribution in [3.05, 3.63) is 101 Å². The molecule has 1 fully saturated rings. The fourth-order valence-corrected chi connectivity index (χ4v) is 4.76. The van der Waals surface area contributed by atoms with Gasteiger partial charge in [-0.2, -0.15) is 0 Å². The smallest absolute Gasteiger partial charge is 0.270 e. The maximum atomic E-state index is 13.8. The highest BCUT2D eigenvalue weighted by molar-refractivity contribution is 7.81. The van der Waals surface area contributed by atoms with Crippen molar-refractivity contribution >= 4 is 57.5 Å². The van der Waals surface area contributed by atoms with Gasteiger partial charge in [-0.3, -0.25) is 19.4 Å². The van der Waals surface area contributed by atoms with Crippen LogP contribution in [-0.4, -0.2) is 21.5 Å². The van der Waals surface area contributed by atoms with E-state index in [4.69, 9.17) is 12.2 Å². The molecule has 0 unspecified atom stereocenters. The second kappa shape index (κ2) is 8.96. The maximum absolute atomic E-state index is 13.8. The van der Waals surface area contributed by atoms with E-state index < -0.39 is 11.8 Å². The van der Waals surface area contributed by atoms with E-state index in [2.05, 4.69) is 11.5 Å². The van der Waals surface area contributed by atoms with Gasteiger partial charge in [0.2, 0.25) is 0 Å². The number of hydrogen-bond acceptors (Lipinski definition) is 3. The van der Waals surface area contributed by atoms with Gasteiger partial charge in [0.25, 0.3) is 11.8 Å². The average molecular weight is 480 g/mol. The van der Waals surface area contributed by atoms with E-state index in [0.29, 0.717) is 11.4 Å². The van der Waals surface area contributed by atoms with E-state index >= 15 is 0 Å². The Hall–Kier alpha value is -4.03. The van der Waals surface area contributed by atoms with Gasteiger partial charge in [-0.1, -0.05) is 53.6 Å². The number of aryl methyl sites for hydroxylation is 3. The first-order valence-electron chi connectivity index (χ1n) is 11.5. The zero-order chi connectivity index (χ0) is 24.7. The normalized spacial score (nSPS) is 14.3. The van der Waals surface area contributed by atoms with Gasteiger partial charge in [-0.25, -0.2) is 0 Å². The van der Waals surface area contributed by atoms with Gasteiger partial charge >= 0.3 is 0 Å². The number of rotatable bonds is 4. The summed E-state index contributed by atoms with van der Waals surface area (Å²) in [5, 5.41) is 1.13. The molecular weight excluding hydrogens is 454 g/mol. The number of nitrogens with zero attached hydrogens (tertiary/aromatic N) is 3. The van der Waals surface area contributed by atoms with Gasteiger partial charge in [0.05, 0.1) is 11.4 Å². The second-order valence-corrected chi connectivity index (χ2v) is 9.05. The third kappa shape index (κ3) is 3.96. The summed E-state index contributed by atoms with van der Waals surface area (Å²) in [4.78, 5) is 30.5. The number of carbonyl (C=O) groups is 2. The molecule has 0 N–H and O–H groups in total. The van der Waals surface area contributed by atoms with Crippen LogP contribution in [0.25, 0.3) is 17.0 Å². The van der Waals surface area contributed by atoms with Crippen molar-refractivity contribution in [3.63, 3.8) is 0 Å². The molecule has 0 spiro atoms. The van der Waals surface area contributed by atoms with Crippen LogP contribution in [0.4, 0.5) is 11.4 Å². The first kappa shape index (κ1) is 22.7. The predicted octanol–water partition coefficient (Wildman–Crippen LogP) is 6.03. The van der Waals surface area contributed by atoms with Crippen molar-refractivity contribution in [2.75, 3.05) is 9.80 Å². The van der Waals surface area contributed by atoms with Gasteiger partial charge < -0.3 is 4.57 Å². The molecule has 5 rings (SSSR count). The summed E-state index contributed by atoms with van der Waals surface area (Å²) in [6.45, 7) is 6.81. The Morgan fingerprint density at radius 2 is 1.29 bits per heavy atom. The first-order chi connectivity index (χ1) is 16.9. The minimum absolute atomic E-state index is 0.0683. The minimum Gasteiger partial charge on any atom is -0.347 e. The van der Waals surface area contributed by atoms with Crippen LogP contribution in [0.1, 0.15) is 23.6 Å². The van der Waals surface area contributed by atoms with Crippen molar-refractivity contribution in [2.24, 2.45) is 0 Å². The van der Waals surface area contributed by atoms with Crippen LogP contribution < -0.4 is 9.80 Å². The number of thiocarbonyl (C=S) groups is 1. The molecule has 0 radical (unpaired) electrons. The van der Waals surface area contributed by atoms with Crippen molar-refractivity contribution in [3.8, 4) is 0 Å². The number of benzene rings is 3. The monoisotopic (exact) mass is 479 g/mol. The van der Waals surface area contributed by atoms with Crippen molar-refractivity contribution in [1.29, 1.82) is 0 Å². The summed E-state index contributed by atoms with van der Waals surface area (Å²) in [7, 11) is 0. The van der Waals surface area contributed by atoms with Crippen LogP contribution in [0.5, 0.6) is 0 Å². The average Bonchev–Trinajstić information content (AvgIpc) is 3.22. The molecule has 174 valence electrons. The summed E-state index contributed by atoms with van der Waals surface area (Å²) in [6, 6.07) is 23.1. The number of para-hydroxylation sites is 1. The Labute approximate surface area is 209 Å². The fraction of sp³-hybridized carbons (Fsp3) is 0.138. The third-order valence-electron chi connectivity index (χ3n) is 6.29. The SMILES string of the molecule is CCn1cc(C=C2C(=O)N(c3ccc(C)cc3)C(=S)N(c3ccc(C)cc3)C2=O)c2ccccc21. The molecule has 0 saturated carbocycles. The van der Waals surface area contributed by atoms with E-state index in [0.717, 1.165) is 34.1 Å². The Bertz CT molecular complexity index is 1430. The topological polar surface area (TPSA) is 45.6 Å². The molecule has 1 aliphatic heterocycles. The summed E-state index contributed by atoms with van der Waals surface area (Å²) >= 11 is 5.73. The zero-order valence-electron chi connectivity index (χ0n) is 19.9. The Balaban J connectivity index is 1.69. The lowest BCUT2D eigenvalue weighted by Crippen LogP contribution is -2.56. The molecule has 5 nitrogen and oxygen atoms in total. The number of carbonyl (C=O) groups excluding carboxylic acids is 2. The number of anilines is 2. The van der Waals surface area contributed by atoms with E-state index in [1.54, 1.807) is 6.08 Å². The molecule has 1 aromatic heterocycles. The quantitative estimate of drug-likeness (QED) is 0.204. The van der Waals surface area contributed by atoms with Gasteiger partial charge in [-0.15, -0.1) is 0 Å². The third-order valence-corrected chi connectivity index (χ3v) is 6.66. The van der Waals surface area contributed by atoms with Crippen molar-refractivity contribution in [1.82, 2.24) is 4.57 Å². The van der Waals surface area contributed by atoms with E-state index in [1.807, 2.05) is 92.8 Å². The number of fused-ring (bicyclic) bond motifs is 1. The van der Waals surface area contributed by atoms with Crippen molar-refractivity contribution in [2.45, 2.75) is 27.3 Å². The molecule has 0 bridgehead atoms. The minimum atomic E-state index is -0.430.